The van der Waals surface area contributed by atoms with Crippen LogP contribution >= 0.6 is 0 Å². The molecule has 0 spiro atoms. The summed E-state index contributed by atoms with van der Waals surface area (Å²) in [6, 6.07) is 7.65. The lowest BCUT2D eigenvalue weighted by Crippen LogP contribution is -2.35. The van der Waals surface area contributed by atoms with Gasteiger partial charge in [-0.05, 0) is 42.5 Å². The van der Waals surface area contributed by atoms with E-state index in [1.165, 1.54) is 12.8 Å². The van der Waals surface area contributed by atoms with E-state index in [-0.39, 0.29) is 11.3 Å². The predicted molar refractivity (Wildman–Crippen MR) is 92.7 cm³/mol. The number of hydrogen-bond donors (Lipinski definition) is 0. The molecule has 2 aromatic rings. The lowest BCUT2D eigenvalue weighted by Gasteiger charge is -2.28. The van der Waals surface area contributed by atoms with Crippen molar-refractivity contribution in [2.75, 3.05) is 19.7 Å². The largest absolute Gasteiger partial charge is 0.469 e. The third-order valence-electron chi connectivity index (χ3n) is 5.68. The maximum atomic E-state index is 12.6. The summed E-state index contributed by atoms with van der Waals surface area (Å²) < 4.78 is 11.4. The zero-order valence-corrected chi connectivity index (χ0v) is 14.4. The number of aromatic nitrogens is 1. The molecule has 2 atom stereocenters. The molecule has 1 saturated carbocycles. The van der Waals surface area contributed by atoms with Gasteiger partial charge in [-0.3, -0.25) is 9.78 Å². The Labute approximate surface area is 148 Å². The van der Waals surface area contributed by atoms with Gasteiger partial charge >= 0.3 is 0 Å². The number of amides is 1. The Bertz CT molecular complexity index is 701. The summed E-state index contributed by atoms with van der Waals surface area (Å²) in [5.74, 6) is 1.46. The minimum absolute atomic E-state index is 0.126. The fourth-order valence-corrected chi connectivity index (χ4v) is 4.37. The molecule has 0 bridgehead atoms. The van der Waals surface area contributed by atoms with Crippen LogP contribution in [0.4, 0.5) is 0 Å². The van der Waals surface area contributed by atoms with Gasteiger partial charge in [-0.15, -0.1) is 0 Å². The minimum Gasteiger partial charge on any atom is -0.469 e. The number of carbonyl (C=O) groups is 1. The van der Waals surface area contributed by atoms with Crippen LogP contribution in [-0.2, 0) is 22.6 Å². The monoisotopic (exact) mass is 340 g/mol. The van der Waals surface area contributed by atoms with Crippen LogP contribution in [0.2, 0.25) is 0 Å². The van der Waals surface area contributed by atoms with Crippen molar-refractivity contribution < 1.29 is 13.9 Å². The van der Waals surface area contributed by atoms with Crippen LogP contribution < -0.4 is 0 Å². The highest BCUT2D eigenvalue weighted by molar-refractivity contribution is 5.78. The smallest absolute Gasteiger partial charge is 0.230 e. The van der Waals surface area contributed by atoms with Crippen LogP contribution in [0.15, 0.2) is 47.3 Å². The first-order valence-electron chi connectivity index (χ1n) is 9.02. The fourth-order valence-electron chi connectivity index (χ4n) is 4.37. The van der Waals surface area contributed by atoms with Crippen molar-refractivity contribution in [2.24, 2.45) is 11.3 Å². The maximum absolute atomic E-state index is 12.6. The highest BCUT2D eigenvalue weighted by Gasteiger charge is 2.50. The maximum Gasteiger partial charge on any atom is 0.230 e. The molecule has 1 aliphatic carbocycles. The standard InChI is InChI=1S/C20H24N2O3/c23-19(10-18-6-3-9-25-18)22-12-17-5-1-7-20(17,14-22)15-24-13-16-4-2-8-21-11-16/h2-4,6,8-9,11,17H,1,5,7,10,12-15H2/t17-,20+/m0/s1. The number of carbonyl (C=O) groups excluding carboxylic acids is 1. The molecular formula is C20H24N2O3. The van der Waals surface area contributed by atoms with E-state index in [1.54, 1.807) is 12.5 Å². The van der Waals surface area contributed by atoms with Crippen molar-refractivity contribution in [2.45, 2.75) is 32.3 Å². The molecule has 5 nitrogen and oxygen atoms in total. The first-order valence-corrected chi connectivity index (χ1v) is 9.02. The van der Waals surface area contributed by atoms with Gasteiger partial charge in [0.15, 0.2) is 0 Å². The Hall–Kier alpha value is -2.14. The number of furan rings is 1. The molecule has 0 radical (unpaired) electrons. The van der Waals surface area contributed by atoms with Gasteiger partial charge < -0.3 is 14.1 Å². The SMILES string of the molecule is O=C(Cc1ccco1)N1C[C@@H]2CCC[C@]2(COCc2cccnc2)C1. The summed E-state index contributed by atoms with van der Waals surface area (Å²) in [6.45, 7) is 2.97. The van der Waals surface area contributed by atoms with Crippen LogP contribution in [-0.4, -0.2) is 35.5 Å². The Morgan fingerprint density at radius 3 is 3.16 bits per heavy atom. The Balaban J connectivity index is 1.36. The van der Waals surface area contributed by atoms with Gasteiger partial charge in [0.25, 0.3) is 0 Å². The second-order valence-electron chi connectivity index (χ2n) is 7.34. The van der Waals surface area contributed by atoms with Gasteiger partial charge in [0.05, 0.1) is 25.9 Å². The predicted octanol–water partition coefficient (Wildman–Crippen LogP) is 3.06. The fraction of sp³-hybridized carbons (Fsp3) is 0.500. The van der Waals surface area contributed by atoms with Crippen molar-refractivity contribution >= 4 is 5.91 Å². The third-order valence-corrected chi connectivity index (χ3v) is 5.68. The molecule has 0 N–H and O–H groups in total. The molecule has 0 aromatic carbocycles. The summed E-state index contributed by atoms with van der Waals surface area (Å²) in [5, 5.41) is 0. The van der Waals surface area contributed by atoms with Crippen LogP contribution in [0.25, 0.3) is 0 Å². The van der Waals surface area contributed by atoms with Gasteiger partial charge in [-0.1, -0.05) is 12.5 Å². The quantitative estimate of drug-likeness (QED) is 0.811. The molecule has 2 fully saturated rings. The van der Waals surface area contributed by atoms with E-state index in [4.69, 9.17) is 9.15 Å². The normalized spacial score (nSPS) is 25.3. The third kappa shape index (κ3) is 3.47. The number of rotatable bonds is 6. The molecule has 5 heteroatoms. The molecular weight excluding hydrogens is 316 g/mol. The van der Waals surface area contributed by atoms with Gasteiger partial charge in [0, 0.05) is 30.9 Å². The second-order valence-corrected chi connectivity index (χ2v) is 7.34. The Kier molecular flexibility index (Phi) is 4.57. The summed E-state index contributed by atoms with van der Waals surface area (Å²) in [4.78, 5) is 18.7. The summed E-state index contributed by atoms with van der Waals surface area (Å²) in [6.07, 6.45) is 9.17. The van der Waals surface area contributed by atoms with Gasteiger partial charge in [0.1, 0.15) is 5.76 Å². The molecule has 2 aliphatic rings. The highest BCUT2D eigenvalue weighted by atomic mass is 16.5. The summed E-state index contributed by atoms with van der Waals surface area (Å²) >= 11 is 0. The topological polar surface area (TPSA) is 55.6 Å². The van der Waals surface area contributed by atoms with E-state index >= 15 is 0 Å². The molecule has 25 heavy (non-hydrogen) atoms. The number of ether oxygens (including phenoxy) is 1. The molecule has 0 unspecified atom stereocenters. The lowest BCUT2D eigenvalue weighted by atomic mass is 9.81. The van der Waals surface area contributed by atoms with Gasteiger partial charge in [0.2, 0.25) is 5.91 Å². The van der Waals surface area contributed by atoms with Gasteiger partial charge in [-0.2, -0.15) is 0 Å². The van der Waals surface area contributed by atoms with Crippen LogP contribution in [0.1, 0.15) is 30.6 Å². The van der Waals surface area contributed by atoms with Crippen molar-refractivity contribution in [3.05, 3.63) is 54.2 Å². The second kappa shape index (κ2) is 7.00. The van der Waals surface area contributed by atoms with E-state index in [1.807, 2.05) is 35.4 Å². The highest BCUT2D eigenvalue weighted by Crippen LogP contribution is 2.49. The lowest BCUT2D eigenvalue weighted by molar-refractivity contribution is -0.130. The molecule has 132 valence electrons. The zero-order chi connectivity index (χ0) is 17.1. The number of fused-ring (bicyclic) bond motifs is 1. The van der Waals surface area contributed by atoms with E-state index in [9.17, 15) is 4.79 Å². The van der Waals surface area contributed by atoms with Crippen molar-refractivity contribution in [3.63, 3.8) is 0 Å². The van der Waals surface area contributed by atoms with Gasteiger partial charge in [-0.25, -0.2) is 0 Å². The number of nitrogens with zero attached hydrogens (tertiary/aromatic N) is 2. The molecule has 2 aromatic heterocycles. The molecule has 1 saturated heterocycles. The van der Waals surface area contributed by atoms with E-state index in [0.717, 1.165) is 37.4 Å². The molecule has 3 heterocycles. The van der Waals surface area contributed by atoms with E-state index < -0.39 is 0 Å². The molecule has 1 amide bonds. The van der Waals surface area contributed by atoms with Crippen LogP contribution in [0, 0.1) is 11.3 Å². The van der Waals surface area contributed by atoms with E-state index in [2.05, 4.69) is 4.98 Å². The van der Waals surface area contributed by atoms with Crippen LogP contribution in [0.3, 0.4) is 0 Å². The Morgan fingerprint density at radius 1 is 1.40 bits per heavy atom. The first kappa shape index (κ1) is 16.3. The molecule has 1 aliphatic heterocycles. The van der Waals surface area contributed by atoms with Crippen molar-refractivity contribution in [1.82, 2.24) is 9.88 Å². The van der Waals surface area contributed by atoms with E-state index in [0.29, 0.717) is 18.9 Å². The summed E-state index contributed by atoms with van der Waals surface area (Å²) in [5.41, 5.74) is 1.22. The Morgan fingerprint density at radius 2 is 2.36 bits per heavy atom. The van der Waals surface area contributed by atoms with Crippen LogP contribution in [0.5, 0.6) is 0 Å². The number of pyridine rings is 1. The van der Waals surface area contributed by atoms with Crippen molar-refractivity contribution in [3.8, 4) is 0 Å². The summed E-state index contributed by atoms with van der Waals surface area (Å²) in [7, 11) is 0. The number of hydrogen-bond acceptors (Lipinski definition) is 4. The first-order chi connectivity index (χ1) is 12.3. The average molecular weight is 340 g/mol. The van der Waals surface area contributed by atoms with Crippen molar-refractivity contribution in [1.29, 1.82) is 0 Å². The zero-order valence-electron chi connectivity index (χ0n) is 14.4. The average Bonchev–Trinajstić information content (AvgIpc) is 3.31. The number of likely N-dealkylation sites (tertiary alicyclic amines) is 1. The molecule has 4 rings (SSSR count). The minimum atomic E-state index is 0.126.